The zero-order chi connectivity index (χ0) is 53.7. The number of benzene rings is 9. The van der Waals surface area contributed by atoms with E-state index < -0.39 is 0 Å². The molecule has 6 nitrogen and oxygen atoms in total. The van der Waals surface area contributed by atoms with Crippen molar-refractivity contribution in [1.29, 1.82) is 0 Å². The smallest absolute Gasteiger partial charge is 0.872 e. The number of pyridine rings is 3. The predicted octanol–water partition coefficient (Wildman–Crippen LogP) is 15.7. The van der Waals surface area contributed by atoms with Crippen LogP contribution in [-0.4, -0.2) is 40.3 Å². The maximum atomic E-state index is 13.2. The second-order valence-corrected chi connectivity index (χ2v) is 22.4. The summed E-state index contributed by atoms with van der Waals surface area (Å²) in [5, 5.41) is 42.8. The standard InChI is InChI=1S/3C24H19NO.2Be/c3*1-24(2)19-12-16-10-6-7-11-18(16)23(26)21(19)22-20(24)13-17(14-25-22)15-8-4-3-5-9-15;;/h3*3-14,26H,1-2H3;;/q;;;2*+2/p-2. The molecule has 0 radical (unpaired) electrons. The molecule has 3 heterocycles. The van der Waals surface area contributed by atoms with Crippen LogP contribution in [0.4, 0.5) is 0 Å². The summed E-state index contributed by atoms with van der Waals surface area (Å²) in [4.78, 5) is 14.3. The van der Waals surface area contributed by atoms with E-state index in [0.29, 0.717) is 5.75 Å². The predicted molar refractivity (Wildman–Crippen MR) is 326 cm³/mol. The van der Waals surface area contributed by atoms with Gasteiger partial charge in [-0.05, 0) is 125 Å². The summed E-state index contributed by atoms with van der Waals surface area (Å²) in [7, 11) is 0. The molecule has 3 aromatic heterocycles. The van der Waals surface area contributed by atoms with Gasteiger partial charge in [-0.15, -0.1) is 0 Å². The van der Waals surface area contributed by atoms with Gasteiger partial charge in [-0.1, -0.05) is 217 Å². The third-order valence-electron chi connectivity index (χ3n) is 16.8. The molecule has 0 spiro atoms. The summed E-state index contributed by atoms with van der Waals surface area (Å²) in [6.45, 7) is 13.2. The summed E-state index contributed by atoms with van der Waals surface area (Å²) in [5.74, 6) is 0.514. The molecule has 0 atom stereocenters. The van der Waals surface area contributed by atoms with Crippen LogP contribution in [0.15, 0.2) is 219 Å². The molecule has 3 aliphatic carbocycles. The fourth-order valence-corrected chi connectivity index (χ4v) is 12.4. The number of hydrogen-bond acceptors (Lipinski definition) is 6. The minimum absolute atomic E-state index is 0. The van der Waals surface area contributed by atoms with E-state index in [1.807, 2.05) is 140 Å². The number of aromatic hydroxyl groups is 1. The van der Waals surface area contributed by atoms with Gasteiger partial charge in [-0.25, -0.2) is 0 Å². The first kappa shape index (κ1) is 53.0. The van der Waals surface area contributed by atoms with Crippen molar-refractivity contribution in [3.8, 4) is 84.4 Å². The molecule has 12 aromatic rings. The van der Waals surface area contributed by atoms with Crippen LogP contribution in [0.25, 0.3) is 99.5 Å². The Labute approximate surface area is 474 Å². The quantitative estimate of drug-likeness (QED) is 0.177. The van der Waals surface area contributed by atoms with Crippen molar-refractivity contribution in [3.63, 3.8) is 0 Å². The van der Waals surface area contributed by atoms with E-state index in [0.717, 1.165) is 127 Å². The molecule has 9 aromatic carbocycles. The molecule has 0 fully saturated rings. The van der Waals surface area contributed by atoms with E-state index >= 15 is 0 Å². The molecule has 15 rings (SSSR count). The zero-order valence-electron chi connectivity index (χ0n) is 45.8. The maximum Gasteiger partial charge on any atom is 2.00 e. The molecule has 0 unspecified atom stereocenters. The number of fused-ring (bicyclic) bond motifs is 12. The Kier molecular flexibility index (Phi) is 13.2. The molecule has 1 N–H and O–H groups in total. The molecule has 0 saturated carbocycles. The molecule has 0 saturated heterocycles. The molecule has 0 aliphatic heterocycles. The molecule has 8 heteroatoms. The third kappa shape index (κ3) is 8.38. The van der Waals surface area contributed by atoms with Crippen LogP contribution in [0, 0.1) is 0 Å². The fourth-order valence-electron chi connectivity index (χ4n) is 12.4. The fraction of sp³-hybridized carbons (Fsp3) is 0.125. The topological polar surface area (TPSA) is 105 Å². The Morgan fingerprint density at radius 1 is 0.312 bits per heavy atom. The van der Waals surface area contributed by atoms with Gasteiger partial charge in [-0.2, -0.15) is 0 Å². The van der Waals surface area contributed by atoms with Crippen LogP contribution in [0.3, 0.4) is 0 Å². The van der Waals surface area contributed by atoms with E-state index in [2.05, 4.69) is 120 Å². The van der Waals surface area contributed by atoms with Crippen LogP contribution in [0.1, 0.15) is 74.9 Å². The molecular weight excluding hydrogens is 973 g/mol. The number of rotatable bonds is 3. The third-order valence-corrected chi connectivity index (χ3v) is 16.8. The average Bonchev–Trinajstić information content (AvgIpc) is 4.20. The Morgan fingerprint density at radius 2 is 0.588 bits per heavy atom. The van der Waals surface area contributed by atoms with Crippen molar-refractivity contribution in [2.24, 2.45) is 0 Å². The summed E-state index contributed by atoms with van der Waals surface area (Å²) < 4.78 is 0. The van der Waals surface area contributed by atoms with E-state index in [1.165, 1.54) is 5.56 Å². The van der Waals surface area contributed by atoms with Crippen LogP contribution in [0.5, 0.6) is 17.2 Å². The van der Waals surface area contributed by atoms with Gasteiger partial charge < -0.3 is 15.3 Å². The Hall–Kier alpha value is -9.05. The Balaban J connectivity index is 0.000000125. The first-order valence-electron chi connectivity index (χ1n) is 26.6. The Bertz CT molecular complexity index is 3940. The van der Waals surface area contributed by atoms with Crippen LogP contribution >= 0.6 is 0 Å². The van der Waals surface area contributed by atoms with Crippen molar-refractivity contribution in [1.82, 2.24) is 15.0 Å². The Morgan fingerprint density at radius 3 is 0.938 bits per heavy atom. The van der Waals surface area contributed by atoms with E-state index in [9.17, 15) is 15.3 Å². The van der Waals surface area contributed by atoms with Crippen molar-refractivity contribution in [3.05, 3.63) is 252 Å². The van der Waals surface area contributed by atoms with Gasteiger partial charge in [0.15, 0.2) is 0 Å². The summed E-state index contributed by atoms with van der Waals surface area (Å²) in [6.07, 6.45) is 5.68. The second kappa shape index (κ2) is 20.0. The molecule has 0 bridgehead atoms. The molecule has 378 valence electrons. The van der Waals surface area contributed by atoms with Gasteiger partial charge in [0.25, 0.3) is 0 Å². The van der Waals surface area contributed by atoms with Gasteiger partial charge in [0.05, 0.1) is 17.1 Å². The van der Waals surface area contributed by atoms with Crippen molar-refractivity contribution in [2.75, 3.05) is 0 Å². The maximum absolute atomic E-state index is 13.2. The molecular formula is C72H55Be2N3O3+2. The van der Waals surface area contributed by atoms with Crippen molar-refractivity contribution >= 4 is 52.6 Å². The minimum Gasteiger partial charge on any atom is -0.872 e. The average molecular weight is 1030 g/mol. The van der Waals surface area contributed by atoms with Gasteiger partial charge in [0.2, 0.25) is 0 Å². The van der Waals surface area contributed by atoms with Crippen molar-refractivity contribution < 1.29 is 15.3 Å². The van der Waals surface area contributed by atoms with E-state index in [4.69, 9.17) is 15.0 Å². The normalized spacial score (nSPS) is 13.9. The minimum atomic E-state index is -0.244. The van der Waals surface area contributed by atoms with Gasteiger partial charge in [0.1, 0.15) is 5.75 Å². The SMILES string of the molecule is CC1(C)c2cc(-c3ccccc3)cnc2-c2c1cc1ccccc1c2O.CC1(C)c2cc(-c3ccccc3)cnc2-c2c1cc1ccccc1c2[O-].CC1(C)c2cc(-c3ccccc3)cnc2-c2c1cc1ccccc1c2[O-].[Be+2].[Be+2]. The number of phenolic OH excluding ortho intramolecular Hbond substituents is 1. The molecule has 0 amide bonds. The first-order valence-corrected chi connectivity index (χ1v) is 26.6. The molecule has 3 aliphatic rings. The van der Waals surface area contributed by atoms with Crippen LogP contribution in [-0.2, 0) is 16.2 Å². The first-order chi connectivity index (χ1) is 37.7. The number of hydrogen-bond donors (Lipinski definition) is 1. The van der Waals surface area contributed by atoms with E-state index in [1.54, 1.807) is 0 Å². The largest absolute Gasteiger partial charge is 2.00 e. The summed E-state index contributed by atoms with van der Waals surface area (Å²) in [6, 6.07) is 67.6. The number of aromatic nitrogens is 3. The number of nitrogens with zero attached hydrogens (tertiary/aromatic N) is 3. The summed E-state index contributed by atoms with van der Waals surface area (Å²) in [5.41, 5.74) is 17.7. The zero-order valence-corrected chi connectivity index (χ0v) is 45.8. The summed E-state index contributed by atoms with van der Waals surface area (Å²) >= 11 is 0. The van der Waals surface area contributed by atoms with Gasteiger partial charge in [-0.3, -0.25) is 15.0 Å². The van der Waals surface area contributed by atoms with E-state index in [-0.39, 0.29) is 48.0 Å². The van der Waals surface area contributed by atoms with Crippen LogP contribution < -0.4 is 10.2 Å². The van der Waals surface area contributed by atoms with Gasteiger partial charge >= 0.3 is 20.2 Å². The van der Waals surface area contributed by atoms with Crippen molar-refractivity contribution in [2.45, 2.75) is 57.8 Å². The number of phenols is 1. The molecule has 80 heavy (non-hydrogen) atoms. The second-order valence-electron chi connectivity index (χ2n) is 22.4. The monoisotopic (exact) mass is 1030 g/mol. The van der Waals surface area contributed by atoms with Crippen LogP contribution in [0.2, 0.25) is 0 Å². The van der Waals surface area contributed by atoms with Gasteiger partial charge in [0, 0.05) is 62.5 Å².